The number of carbonyl (C=O) groups excluding carboxylic acids is 1. The van der Waals surface area contributed by atoms with Crippen LogP contribution in [0, 0.1) is 0 Å². The van der Waals surface area contributed by atoms with Crippen LogP contribution in [-0.4, -0.2) is 29.5 Å². The monoisotopic (exact) mass is 282 g/mol. The second-order valence-electron chi connectivity index (χ2n) is 5.16. The average Bonchev–Trinajstić information content (AvgIpc) is 2.99. The summed E-state index contributed by atoms with van der Waals surface area (Å²) < 4.78 is 0. The van der Waals surface area contributed by atoms with E-state index in [1.165, 1.54) is 5.57 Å². The normalized spacial score (nSPS) is 15.4. The predicted octanol–water partition coefficient (Wildman–Crippen LogP) is 2.75. The smallest absolute Gasteiger partial charge is 0.223 e. The van der Waals surface area contributed by atoms with E-state index in [0.29, 0.717) is 0 Å². The molecule has 0 spiro atoms. The third kappa shape index (κ3) is 2.67. The summed E-state index contributed by atoms with van der Waals surface area (Å²) in [5.74, 6) is 0.0258. The van der Waals surface area contributed by atoms with Crippen LogP contribution < -0.4 is 10.2 Å². The highest BCUT2D eigenvalue weighted by Gasteiger charge is 2.16. The first-order chi connectivity index (χ1) is 10.1. The van der Waals surface area contributed by atoms with Gasteiger partial charge in [0.15, 0.2) is 0 Å². The van der Waals surface area contributed by atoms with E-state index in [9.17, 15) is 4.79 Å². The molecule has 0 fully saturated rings. The van der Waals surface area contributed by atoms with E-state index in [4.69, 9.17) is 0 Å². The minimum absolute atomic E-state index is 0.0258. The number of anilines is 2. The lowest BCUT2D eigenvalue weighted by atomic mass is 9.95. The van der Waals surface area contributed by atoms with Crippen molar-refractivity contribution in [1.29, 1.82) is 0 Å². The number of nitrogens with one attached hydrogen (secondary N) is 2. The van der Waals surface area contributed by atoms with E-state index in [1.807, 2.05) is 12.1 Å². The Morgan fingerprint density at radius 3 is 3.00 bits per heavy atom. The topological polar surface area (TPSA) is 61.0 Å². The number of aromatic amines is 1. The van der Waals surface area contributed by atoms with E-state index in [-0.39, 0.29) is 5.91 Å². The lowest BCUT2D eigenvalue weighted by Gasteiger charge is -2.24. The first kappa shape index (κ1) is 13.4. The van der Waals surface area contributed by atoms with Crippen LogP contribution in [0.25, 0.3) is 11.6 Å². The van der Waals surface area contributed by atoms with E-state index >= 15 is 0 Å². The van der Waals surface area contributed by atoms with Crippen LogP contribution in [0.15, 0.2) is 30.7 Å². The van der Waals surface area contributed by atoms with Crippen molar-refractivity contribution >= 4 is 28.9 Å². The molecular weight excluding hydrogens is 264 g/mol. The number of carbonyl (C=O) groups is 1. The molecule has 1 aromatic carbocycles. The number of imidazole rings is 1. The molecular formula is C16H18N4O. The van der Waals surface area contributed by atoms with Crippen molar-refractivity contribution in [2.24, 2.45) is 0 Å². The van der Waals surface area contributed by atoms with Crippen LogP contribution in [0.3, 0.4) is 0 Å². The third-order valence-corrected chi connectivity index (χ3v) is 3.77. The molecule has 5 heteroatoms. The van der Waals surface area contributed by atoms with Gasteiger partial charge in [0.1, 0.15) is 0 Å². The molecule has 1 aromatic heterocycles. The molecule has 0 atom stereocenters. The van der Waals surface area contributed by atoms with Crippen LogP contribution in [0.4, 0.5) is 11.4 Å². The van der Waals surface area contributed by atoms with Crippen molar-refractivity contribution in [3.8, 4) is 0 Å². The SMILES string of the molecule is CC(=O)N(C)c1ccc2c(c1)/C(=C/c1cnc[nH]1)CCN2. The van der Waals surface area contributed by atoms with Crippen molar-refractivity contribution in [1.82, 2.24) is 9.97 Å². The average molecular weight is 282 g/mol. The molecule has 2 N–H and O–H groups in total. The van der Waals surface area contributed by atoms with Crippen molar-refractivity contribution in [2.45, 2.75) is 13.3 Å². The number of H-pyrrole nitrogens is 1. The highest BCUT2D eigenvalue weighted by molar-refractivity contribution is 5.94. The van der Waals surface area contributed by atoms with E-state index in [1.54, 1.807) is 31.4 Å². The number of benzene rings is 1. The number of hydrogen-bond acceptors (Lipinski definition) is 3. The van der Waals surface area contributed by atoms with Gasteiger partial charge in [0.2, 0.25) is 5.91 Å². The van der Waals surface area contributed by atoms with Gasteiger partial charge in [0.25, 0.3) is 0 Å². The zero-order valence-electron chi connectivity index (χ0n) is 12.2. The second kappa shape index (κ2) is 5.44. The summed E-state index contributed by atoms with van der Waals surface area (Å²) in [4.78, 5) is 20.3. The fourth-order valence-electron chi connectivity index (χ4n) is 2.49. The number of aromatic nitrogens is 2. The van der Waals surface area contributed by atoms with E-state index in [0.717, 1.165) is 35.6 Å². The standard InChI is InChI=1S/C16H18N4O/c1-11(21)20(2)14-3-4-16-15(8-14)12(5-6-18-16)7-13-9-17-10-19-13/h3-4,7-10,18H,5-6H2,1-2H3,(H,17,19)/b12-7+. The summed E-state index contributed by atoms with van der Waals surface area (Å²) in [5, 5.41) is 3.40. The number of fused-ring (bicyclic) bond motifs is 1. The van der Waals surface area contributed by atoms with Gasteiger partial charge in [-0.2, -0.15) is 0 Å². The Kier molecular flexibility index (Phi) is 3.48. The Hall–Kier alpha value is -2.56. The Morgan fingerprint density at radius 1 is 1.43 bits per heavy atom. The van der Waals surface area contributed by atoms with Crippen LogP contribution in [0.5, 0.6) is 0 Å². The van der Waals surface area contributed by atoms with Crippen molar-refractivity contribution in [3.63, 3.8) is 0 Å². The zero-order chi connectivity index (χ0) is 14.8. The molecule has 0 bridgehead atoms. The minimum atomic E-state index is 0.0258. The van der Waals surface area contributed by atoms with Gasteiger partial charge < -0.3 is 15.2 Å². The number of rotatable bonds is 2. The molecule has 0 saturated carbocycles. The first-order valence-corrected chi connectivity index (χ1v) is 6.96. The van der Waals surface area contributed by atoms with Gasteiger partial charge in [-0.25, -0.2) is 4.98 Å². The number of hydrogen-bond donors (Lipinski definition) is 2. The van der Waals surface area contributed by atoms with Gasteiger partial charge in [-0.1, -0.05) is 0 Å². The predicted molar refractivity (Wildman–Crippen MR) is 85.1 cm³/mol. The Bertz CT molecular complexity index is 688. The van der Waals surface area contributed by atoms with Gasteiger partial charge in [0, 0.05) is 37.5 Å². The summed E-state index contributed by atoms with van der Waals surface area (Å²) in [6.45, 7) is 2.48. The maximum atomic E-state index is 11.5. The highest BCUT2D eigenvalue weighted by atomic mass is 16.2. The summed E-state index contributed by atoms with van der Waals surface area (Å²) in [6.07, 6.45) is 6.54. The van der Waals surface area contributed by atoms with Gasteiger partial charge in [0.05, 0.1) is 18.2 Å². The molecule has 5 nitrogen and oxygen atoms in total. The fourth-order valence-corrected chi connectivity index (χ4v) is 2.49. The van der Waals surface area contributed by atoms with E-state index in [2.05, 4.69) is 27.4 Å². The number of amides is 1. The van der Waals surface area contributed by atoms with Gasteiger partial charge in [-0.15, -0.1) is 0 Å². The minimum Gasteiger partial charge on any atom is -0.384 e. The largest absolute Gasteiger partial charge is 0.384 e. The van der Waals surface area contributed by atoms with Crippen molar-refractivity contribution < 1.29 is 4.79 Å². The van der Waals surface area contributed by atoms with Crippen molar-refractivity contribution in [3.05, 3.63) is 42.0 Å². The molecule has 1 aliphatic rings. The Balaban J connectivity index is 2.03. The van der Waals surface area contributed by atoms with Crippen molar-refractivity contribution in [2.75, 3.05) is 23.8 Å². The van der Waals surface area contributed by atoms with Crippen LogP contribution in [-0.2, 0) is 4.79 Å². The van der Waals surface area contributed by atoms with Gasteiger partial charge in [-0.05, 0) is 36.3 Å². The molecule has 0 aliphatic carbocycles. The molecule has 1 aliphatic heterocycles. The maximum Gasteiger partial charge on any atom is 0.223 e. The summed E-state index contributed by atoms with van der Waals surface area (Å²) >= 11 is 0. The first-order valence-electron chi connectivity index (χ1n) is 6.96. The molecule has 21 heavy (non-hydrogen) atoms. The summed E-state index contributed by atoms with van der Waals surface area (Å²) in [7, 11) is 1.79. The van der Waals surface area contributed by atoms with Gasteiger partial charge >= 0.3 is 0 Å². The maximum absolute atomic E-state index is 11.5. The second-order valence-corrected chi connectivity index (χ2v) is 5.16. The molecule has 1 amide bonds. The fraction of sp³-hybridized carbons (Fsp3) is 0.250. The molecule has 0 radical (unpaired) electrons. The summed E-state index contributed by atoms with van der Waals surface area (Å²) in [6, 6.07) is 6.06. The molecule has 108 valence electrons. The lowest BCUT2D eigenvalue weighted by molar-refractivity contribution is -0.116. The van der Waals surface area contributed by atoms with E-state index < -0.39 is 0 Å². The van der Waals surface area contributed by atoms with Gasteiger partial charge in [-0.3, -0.25) is 4.79 Å². The molecule has 0 saturated heterocycles. The molecule has 3 rings (SSSR count). The summed E-state index contributed by atoms with van der Waals surface area (Å²) in [5.41, 5.74) is 5.38. The zero-order valence-corrected chi connectivity index (χ0v) is 12.2. The quantitative estimate of drug-likeness (QED) is 0.890. The molecule has 2 aromatic rings. The third-order valence-electron chi connectivity index (χ3n) is 3.77. The number of nitrogens with zero attached hydrogens (tertiary/aromatic N) is 2. The Labute approximate surface area is 123 Å². The van der Waals surface area contributed by atoms with Crippen LogP contribution in [0.1, 0.15) is 24.6 Å². The van der Waals surface area contributed by atoms with Crippen LogP contribution in [0.2, 0.25) is 0 Å². The molecule has 0 unspecified atom stereocenters. The Morgan fingerprint density at radius 2 is 2.29 bits per heavy atom. The van der Waals surface area contributed by atoms with Crippen LogP contribution >= 0.6 is 0 Å². The molecule has 2 heterocycles. The lowest BCUT2D eigenvalue weighted by Crippen LogP contribution is -2.23. The highest BCUT2D eigenvalue weighted by Crippen LogP contribution is 2.34.